The average Bonchev–Trinajstić information content (AvgIpc) is 2.78. The minimum atomic E-state index is -1.04. The quantitative estimate of drug-likeness (QED) is 0.848. The molecule has 2 heterocycles. The lowest BCUT2D eigenvalue weighted by molar-refractivity contribution is -0.140. The van der Waals surface area contributed by atoms with Crippen LogP contribution in [-0.4, -0.2) is 44.5 Å². The molecule has 1 aromatic rings. The third-order valence-corrected chi connectivity index (χ3v) is 3.39. The van der Waals surface area contributed by atoms with Gasteiger partial charge in [-0.25, -0.2) is 14.2 Å². The first-order valence-corrected chi connectivity index (χ1v) is 5.98. The van der Waals surface area contributed by atoms with Gasteiger partial charge in [0, 0.05) is 5.75 Å². The lowest BCUT2D eigenvalue weighted by atomic mass is 10.2. The van der Waals surface area contributed by atoms with Crippen molar-refractivity contribution < 1.29 is 19.1 Å². The van der Waals surface area contributed by atoms with E-state index in [1.807, 2.05) is 0 Å². The summed E-state index contributed by atoms with van der Waals surface area (Å²) in [7, 11) is 0. The van der Waals surface area contributed by atoms with Gasteiger partial charge in [0.25, 0.3) is 5.91 Å². The van der Waals surface area contributed by atoms with Crippen LogP contribution in [0.5, 0.6) is 0 Å². The molecule has 1 aromatic heterocycles. The van der Waals surface area contributed by atoms with Crippen molar-refractivity contribution in [3.8, 4) is 0 Å². The monoisotopic (exact) mass is 256 g/mol. The number of pyridine rings is 1. The third kappa shape index (κ3) is 2.38. The second kappa shape index (κ2) is 4.70. The van der Waals surface area contributed by atoms with Gasteiger partial charge in [0.1, 0.15) is 17.6 Å². The molecule has 1 N–H and O–H groups in total. The maximum absolute atomic E-state index is 12.6. The van der Waals surface area contributed by atoms with Gasteiger partial charge in [-0.3, -0.25) is 4.79 Å². The van der Waals surface area contributed by atoms with Crippen LogP contribution in [0.3, 0.4) is 0 Å². The molecule has 90 valence electrons. The number of aromatic nitrogens is 1. The van der Waals surface area contributed by atoms with Crippen LogP contribution in [0.2, 0.25) is 0 Å². The molecule has 0 aromatic carbocycles. The number of carbonyl (C=O) groups is 2. The highest BCUT2D eigenvalue weighted by atomic mass is 32.2. The highest BCUT2D eigenvalue weighted by Crippen LogP contribution is 2.22. The summed E-state index contributed by atoms with van der Waals surface area (Å²) in [4.78, 5) is 27.7. The number of carbonyl (C=O) groups excluding carboxylic acids is 1. The van der Waals surface area contributed by atoms with E-state index in [0.29, 0.717) is 11.6 Å². The van der Waals surface area contributed by atoms with Crippen molar-refractivity contribution in [2.24, 2.45) is 0 Å². The van der Waals surface area contributed by atoms with E-state index in [-0.39, 0.29) is 5.69 Å². The molecule has 1 saturated heterocycles. The van der Waals surface area contributed by atoms with Gasteiger partial charge in [0.05, 0.1) is 12.1 Å². The summed E-state index contributed by atoms with van der Waals surface area (Å²) < 4.78 is 12.6. The fourth-order valence-electron chi connectivity index (χ4n) is 1.50. The topological polar surface area (TPSA) is 70.5 Å². The summed E-state index contributed by atoms with van der Waals surface area (Å²) in [6, 6.07) is 1.54. The normalized spacial score (nSPS) is 19.4. The van der Waals surface area contributed by atoms with Gasteiger partial charge in [-0.2, -0.15) is 0 Å². The van der Waals surface area contributed by atoms with Crippen molar-refractivity contribution >= 4 is 23.6 Å². The third-order valence-electron chi connectivity index (χ3n) is 2.37. The fourth-order valence-corrected chi connectivity index (χ4v) is 2.64. The van der Waals surface area contributed by atoms with Gasteiger partial charge in [0.15, 0.2) is 0 Å². The average molecular weight is 256 g/mol. The summed E-state index contributed by atoms with van der Waals surface area (Å²) in [6.07, 6.45) is 0.937. The molecule has 5 nitrogen and oxygen atoms in total. The molecule has 0 spiro atoms. The Balaban J connectivity index is 2.19. The Kier molecular flexibility index (Phi) is 3.28. The van der Waals surface area contributed by atoms with Crippen LogP contribution in [0, 0.1) is 5.82 Å². The molecule has 2 rings (SSSR count). The summed E-state index contributed by atoms with van der Waals surface area (Å²) in [6.45, 7) is 0. The molecule has 1 amide bonds. The number of hydrogen-bond donors (Lipinski definition) is 1. The summed E-state index contributed by atoms with van der Waals surface area (Å²) in [5.41, 5.74) is 0.0557. The number of hydrogen-bond acceptors (Lipinski definition) is 4. The zero-order chi connectivity index (χ0) is 12.4. The largest absolute Gasteiger partial charge is 0.480 e. The number of thioether (sulfide) groups is 1. The lowest BCUT2D eigenvalue weighted by Crippen LogP contribution is -2.42. The summed E-state index contributed by atoms with van der Waals surface area (Å²) >= 11 is 1.37. The number of carboxylic acid groups (broad SMARTS) is 1. The van der Waals surface area contributed by atoms with Crippen LogP contribution < -0.4 is 0 Å². The Morgan fingerprint density at radius 2 is 2.29 bits per heavy atom. The molecule has 1 fully saturated rings. The lowest BCUT2D eigenvalue weighted by Gasteiger charge is -2.19. The first kappa shape index (κ1) is 11.8. The molecule has 0 radical (unpaired) electrons. The molecule has 7 heteroatoms. The number of halogens is 1. The number of rotatable bonds is 2. The van der Waals surface area contributed by atoms with Gasteiger partial charge in [-0.05, 0) is 12.1 Å². The first-order valence-electron chi connectivity index (χ1n) is 4.82. The molecule has 0 unspecified atom stereocenters. The van der Waals surface area contributed by atoms with E-state index in [2.05, 4.69) is 4.98 Å². The van der Waals surface area contributed by atoms with Crippen LogP contribution in [0.4, 0.5) is 4.39 Å². The van der Waals surface area contributed by atoms with Crippen molar-refractivity contribution in [2.75, 3.05) is 11.6 Å². The first-order chi connectivity index (χ1) is 8.09. The van der Waals surface area contributed by atoms with E-state index in [1.165, 1.54) is 22.7 Å². The summed E-state index contributed by atoms with van der Waals surface area (Å²) in [5.74, 6) is -1.38. The molecular formula is C10H9FN2O3S. The summed E-state index contributed by atoms with van der Waals surface area (Å²) in [5, 5.41) is 8.94. The van der Waals surface area contributed by atoms with Crippen molar-refractivity contribution in [3.05, 3.63) is 29.8 Å². The van der Waals surface area contributed by atoms with Gasteiger partial charge >= 0.3 is 5.97 Å². The SMILES string of the molecule is O=C(O)[C@@H]1CSCN1C(=O)c1ccc(F)cn1. The standard InChI is InChI=1S/C10H9FN2O3S/c11-6-1-2-7(12-3-6)9(14)13-5-17-4-8(13)10(15)16/h1-3,8H,4-5H2,(H,15,16)/t8-/m0/s1. The van der Waals surface area contributed by atoms with E-state index >= 15 is 0 Å². The number of amides is 1. The molecule has 1 aliphatic heterocycles. The van der Waals surface area contributed by atoms with Crippen molar-refractivity contribution in [1.29, 1.82) is 0 Å². The molecule has 0 saturated carbocycles. The number of carboxylic acids is 1. The second-order valence-corrected chi connectivity index (χ2v) is 4.49. The van der Waals surface area contributed by atoms with Crippen LogP contribution in [-0.2, 0) is 4.79 Å². The van der Waals surface area contributed by atoms with Gasteiger partial charge in [-0.15, -0.1) is 11.8 Å². The van der Waals surface area contributed by atoms with E-state index in [1.54, 1.807) is 0 Å². The Morgan fingerprint density at radius 1 is 1.53 bits per heavy atom. The highest BCUT2D eigenvalue weighted by Gasteiger charge is 2.35. The predicted octanol–water partition coefficient (Wildman–Crippen LogP) is 0.820. The van der Waals surface area contributed by atoms with Gasteiger partial charge in [-0.1, -0.05) is 0 Å². The molecule has 0 aliphatic carbocycles. The molecule has 0 bridgehead atoms. The molecule has 17 heavy (non-hydrogen) atoms. The smallest absolute Gasteiger partial charge is 0.327 e. The van der Waals surface area contributed by atoms with Crippen LogP contribution in [0.25, 0.3) is 0 Å². The highest BCUT2D eigenvalue weighted by molar-refractivity contribution is 7.99. The zero-order valence-electron chi connectivity index (χ0n) is 8.67. The fraction of sp³-hybridized carbons (Fsp3) is 0.300. The minimum Gasteiger partial charge on any atom is -0.480 e. The Hall–Kier alpha value is -1.63. The maximum atomic E-state index is 12.6. The Morgan fingerprint density at radius 3 is 2.88 bits per heavy atom. The predicted molar refractivity (Wildman–Crippen MR) is 59.1 cm³/mol. The van der Waals surface area contributed by atoms with Crippen LogP contribution >= 0.6 is 11.8 Å². The van der Waals surface area contributed by atoms with Crippen LogP contribution in [0.15, 0.2) is 18.3 Å². The minimum absolute atomic E-state index is 0.0557. The Bertz CT molecular complexity index is 451. The second-order valence-electron chi connectivity index (χ2n) is 3.49. The molecule has 1 atom stereocenters. The zero-order valence-corrected chi connectivity index (χ0v) is 9.48. The van der Waals surface area contributed by atoms with E-state index in [0.717, 1.165) is 12.3 Å². The van der Waals surface area contributed by atoms with Gasteiger partial charge < -0.3 is 10.0 Å². The van der Waals surface area contributed by atoms with Gasteiger partial charge in [0.2, 0.25) is 0 Å². The van der Waals surface area contributed by atoms with E-state index in [4.69, 9.17) is 5.11 Å². The van der Waals surface area contributed by atoms with E-state index in [9.17, 15) is 14.0 Å². The number of nitrogens with zero attached hydrogens (tertiary/aromatic N) is 2. The Labute approximate surface area is 101 Å². The molecular weight excluding hydrogens is 247 g/mol. The van der Waals surface area contributed by atoms with Crippen molar-refractivity contribution in [1.82, 2.24) is 9.88 Å². The van der Waals surface area contributed by atoms with E-state index < -0.39 is 23.7 Å². The number of aliphatic carboxylic acids is 1. The van der Waals surface area contributed by atoms with Crippen molar-refractivity contribution in [3.63, 3.8) is 0 Å². The van der Waals surface area contributed by atoms with Crippen LogP contribution in [0.1, 0.15) is 10.5 Å². The molecule has 1 aliphatic rings. The maximum Gasteiger partial charge on any atom is 0.327 e. The van der Waals surface area contributed by atoms with Crippen molar-refractivity contribution in [2.45, 2.75) is 6.04 Å².